The smallest absolute Gasteiger partial charge is 0.00570 e. The van der Waals surface area contributed by atoms with Crippen LogP contribution in [0.15, 0.2) is 0 Å². The molecular weight excluding hydrogens is 200 g/mol. The molecule has 0 spiro atoms. The van der Waals surface area contributed by atoms with E-state index >= 15 is 0 Å². The zero-order chi connectivity index (χ0) is 8.53. The van der Waals surface area contributed by atoms with E-state index in [1.54, 1.807) is 0 Å². The molecule has 0 aliphatic carbocycles. The van der Waals surface area contributed by atoms with Gasteiger partial charge < -0.3 is 0 Å². The topological polar surface area (TPSA) is 0 Å². The molecule has 1 atom stereocenters. The third-order valence-corrected chi connectivity index (χ3v) is 3.17. The van der Waals surface area contributed by atoms with E-state index in [-0.39, 0.29) is 0 Å². The van der Waals surface area contributed by atoms with Crippen LogP contribution in [-0.4, -0.2) is 5.33 Å². The van der Waals surface area contributed by atoms with Gasteiger partial charge in [0.15, 0.2) is 0 Å². The molecule has 1 heteroatoms. The number of hydrogen-bond donors (Lipinski definition) is 0. The summed E-state index contributed by atoms with van der Waals surface area (Å²) in [7, 11) is 0. The van der Waals surface area contributed by atoms with Gasteiger partial charge in [0, 0.05) is 5.33 Å². The van der Waals surface area contributed by atoms with E-state index in [0.717, 1.165) is 5.92 Å². The molecule has 0 unspecified atom stereocenters. The Kier molecular flexibility index (Phi) is 8.95. The number of halogens is 1. The predicted molar refractivity (Wildman–Crippen MR) is 56.3 cm³/mol. The summed E-state index contributed by atoms with van der Waals surface area (Å²) in [4.78, 5) is 0. The van der Waals surface area contributed by atoms with Crippen LogP contribution in [0.5, 0.6) is 0 Å². The largest absolute Gasteiger partial charge is 0.0925 e. The fraction of sp³-hybridized carbons (Fsp3) is 1.00. The van der Waals surface area contributed by atoms with Crippen molar-refractivity contribution in [2.24, 2.45) is 5.92 Å². The Morgan fingerprint density at radius 1 is 1.09 bits per heavy atom. The van der Waals surface area contributed by atoms with Gasteiger partial charge >= 0.3 is 0 Å². The maximum atomic E-state index is 3.50. The van der Waals surface area contributed by atoms with Gasteiger partial charge in [0.2, 0.25) is 0 Å². The Labute approximate surface area is 79.9 Å². The SMILES string of the molecule is CCCCCCC[C@H](C)CBr. The molecule has 0 saturated heterocycles. The molecule has 0 aliphatic heterocycles. The first kappa shape index (κ1) is 11.5. The van der Waals surface area contributed by atoms with Gasteiger partial charge in [-0.3, -0.25) is 0 Å². The molecular formula is C10H21Br. The molecule has 0 aromatic heterocycles. The lowest BCUT2D eigenvalue weighted by molar-refractivity contribution is 0.526. The summed E-state index contributed by atoms with van der Waals surface area (Å²) in [6.07, 6.45) is 8.47. The van der Waals surface area contributed by atoms with E-state index in [1.165, 1.54) is 43.9 Å². The van der Waals surface area contributed by atoms with E-state index in [1.807, 2.05) is 0 Å². The van der Waals surface area contributed by atoms with E-state index in [9.17, 15) is 0 Å². The lowest BCUT2D eigenvalue weighted by Crippen LogP contribution is -1.94. The van der Waals surface area contributed by atoms with Crippen molar-refractivity contribution in [2.45, 2.75) is 52.4 Å². The summed E-state index contributed by atoms with van der Waals surface area (Å²) in [6, 6.07) is 0. The summed E-state index contributed by atoms with van der Waals surface area (Å²) in [6.45, 7) is 4.58. The van der Waals surface area contributed by atoms with Crippen LogP contribution in [-0.2, 0) is 0 Å². The maximum absolute atomic E-state index is 3.50. The molecule has 0 N–H and O–H groups in total. The highest BCUT2D eigenvalue weighted by molar-refractivity contribution is 9.09. The summed E-state index contributed by atoms with van der Waals surface area (Å²) in [5.74, 6) is 0.872. The molecule has 0 bridgehead atoms. The van der Waals surface area contributed by atoms with Crippen molar-refractivity contribution in [1.29, 1.82) is 0 Å². The van der Waals surface area contributed by atoms with Gasteiger partial charge in [0.05, 0.1) is 0 Å². The summed E-state index contributed by atoms with van der Waals surface area (Å²) in [5.41, 5.74) is 0. The highest BCUT2D eigenvalue weighted by Gasteiger charge is 1.97. The minimum atomic E-state index is 0.872. The van der Waals surface area contributed by atoms with Gasteiger partial charge in [-0.1, -0.05) is 61.9 Å². The fourth-order valence-electron chi connectivity index (χ4n) is 1.17. The second-order valence-corrected chi connectivity index (χ2v) is 4.11. The Morgan fingerprint density at radius 2 is 1.73 bits per heavy atom. The van der Waals surface area contributed by atoms with Crippen molar-refractivity contribution >= 4 is 15.9 Å². The first-order valence-corrected chi connectivity index (χ1v) is 5.99. The molecule has 0 aliphatic rings. The number of unbranched alkanes of at least 4 members (excludes halogenated alkanes) is 4. The Morgan fingerprint density at radius 3 is 2.27 bits per heavy atom. The Balaban J connectivity index is 2.89. The van der Waals surface area contributed by atoms with Crippen molar-refractivity contribution in [3.8, 4) is 0 Å². The number of alkyl halides is 1. The van der Waals surface area contributed by atoms with Gasteiger partial charge in [0.25, 0.3) is 0 Å². The van der Waals surface area contributed by atoms with E-state index in [0.29, 0.717) is 0 Å². The van der Waals surface area contributed by atoms with Gasteiger partial charge in [-0.25, -0.2) is 0 Å². The fourth-order valence-corrected chi connectivity index (χ4v) is 1.50. The average molecular weight is 221 g/mol. The monoisotopic (exact) mass is 220 g/mol. The first-order chi connectivity index (χ1) is 5.31. The van der Waals surface area contributed by atoms with Crippen LogP contribution in [0.4, 0.5) is 0 Å². The lowest BCUT2D eigenvalue weighted by atomic mass is 10.0. The standard InChI is InChI=1S/C10H21Br/c1-3-4-5-6-7-8-10(2)9-11/h10H,3-9H2,1-2H3/t10-/m0/s1. The second-order valence-electron chi connectivity index (χ2n) is 3.46. The molecule has 68 valence electrons. The van der Waals surface area contributed by atoms with Crippen LogP contribution in [0.25, 0.3) is 0 Å². The van der Waals surface area contributed by atoms with E-state index in [2.05, 4.69) is 29.8 Å². The van der Waals surface area contributed by atoms with Crippen molar-refractivity contribution in [2.75, 3.05) is 5.33 Å². The van der Waals surface area contributed by atoms with Gasteiger partial charge in [-0.05, 0) is 12.3 Å². The predicted octanol–water partition coefficient (Wildman–Crippen LogP) is 4.38. The summed E-state index contributed by atoms with van der Waals surface area (Å²) < 4.78 is 0. The normalized spacial score (nSPS) is 13.4. The first-order valence-electron chi connectivity index (χ1n) is 4.87. The molecule has 0 nitrogen and oxygen atoms in total. The van der Waals surface area contributed by atoms with Gasteiger partial charge in [-0.15, -0.1) is 0 Å². The zero-order valence-electron chi connectivity index (χ0n) is 7.91. The molecule has 0 rings (SSSR count). The van der Waals surface area contributed by atoms with Gasteiger partial charge in [0.1, 0.15) is 0 Å². The maximum Gasteiger partial charge on any atom is 0.00570 e. The van der Waals surface area contributed by atoms with Crippen LogP contribution in [0, 0.1) is 5.92 Å². The molecule has 0 aromatic carbocycles. The molecule has 0 amide bonds. The van der Waals surface area contributed by atoms with Crippen molar-refractivity contribution in [3.05, 3.63) is 0 Å². The minimum absolute atomic E-state index is 0.872. The molecule has 11 heavy (non-hydrogen) atoms. The van der Waals surface area contributed by atoms with Crippen LogP contribution in [0.1, 0.15) is 52.4 Å². The van der Waals surface area contributed by atoms with Crippen molar-refractivity contribution in [3.63, 3.8) is 0 Å². The van der Waals surface area contributed by atoms with E-state index in [4.69, 9.17) is 0 Å². The summed E-state index contributed by atoms with van der Waals surface area (Å²) >= 11 is 3.50. The highest BCUT2D eigenvalue weighted by atomic mass is 79.9. The summed E-state index contributed by atoms with van der Waals surface area (Å²) in [5, 5.41) is 1.17. The quantitative estimate of drug-likeness (QED) is 0.442. The average Bonchev–Trinajstić information content (AvgIpc) is 2.04. The van der Waals surface area contributed by atoms with Gasteiger partial charge in [-0.2, -0.15) is 0 Å². The Hall–Kier alpha value is 0.480. The van der Waals surface area contributed by atoms with E-state index < -0.39 is 0 Å². The van der Waals surface area contributed by atoms with Crippen LogP contribution < -0.4 is 0 Å². The van der Waals surface area contributed by atoms with Crippen LogP contribution >= 0.6 is 15.9 Å². The molecule has 0 saturated carbocycles. The second kappa shape index (κ2) is 8.58. The van der Waals surface area contributed by atoms with Crippen molar-refractivity contribution in [1.82, 2.24) is 0 Å². The Bertz CT molecular complexity index is 71.3. The van der Waals surface area contributed by atoms with Crippen molar-refractivity contribution < 1.29 is 0 Å². The molecule has 0 heterocycles. The number of rotatable bonds is 7. The number of hydrogen-bond acceptors (Lipinski definition) is 0. The molecule has 0 radical (unpaired) electrons. The molecule has 0 fully saturated rings. The van der Waals surface area contributed by atoms with Crippen LogP contribution in [0.3, 0.4) is 0 Å². The third-order valence-electron chi connectivity index (χ3n) is 2.06. The third kappa shape index (κ3) is 8.39. The minimum Gasteiger partial charge on any atom is -0.0925 e. The molecule has 0 aromatic rings. The highest BCUT2D eigenvalue weighted by Crippen LogP contribution is 2.12. The zero-order valence-corrected chi connectivity index (χ0v) is 9.49. The lowest BCUT2D eigenvalue weighted by Gasteiger charge is -2.05. The van der Waals surface area contributed by atoms with Crippen LogP contribution in [0.2, 0.25) is 0 Å².